The highest BCUT2D eigenvalue weighted by atomic mass is 16.5. The summed E-state index contributed by atoms with van der Waals surface area (Å²) in [6, 6.07) is 17.9. The predicted molar refractivity (Wildman–Crippen MR) is 139 cm³/mol. The lowest BCUT2D eigenvalue weighted by Crippen LogP contribution is -2.29. The third kappa shape index (κ3) is 4.72. The lowest BCUT2D eigenvalue weighted by atomic mass is 9.94. The fourth-order valence-corrected chi connectivity index (χ4v) is 4.58. The van der Waals surface area contributed by atoms with Crippen molar-refractivity contribution in [3.05, 3.63) is 99.6 Å². The third-order valence-corrected chi connectivity index (χ3v) is 6.26. The first-order chi connectivity index (χ1) is 16.6. The molecule has 0 aromatic heterocycles. The first kappa shape index (κ1) is 24.3. The topological polar surface area (TPSA) is 66.8 Å². The van der Waals surface area contributed by atoms with E-state index in [0.717, 1.165) is 22.3 Å². The van der Waals surface area contributed by atoms with Crippen molar-refractivity contribution >= 4 is 23.1 Å². The van der Waals surface area contributed by atoms with Crippen LogP contribution in [0.1, 0.15) is 53.3 Å². The second kappa shape index (κ2) is 9.41. The van der Waals surface area contributed by atoms with Gasteiger partial charge in [0, 0.05) is 11.3 Å². The molecule has 1 unspecified atom stereocenters. The number of Topliss-reactive ketones (excluding diaryl/α,β-unsaturated/α-hetero) is 1. The van der Waals surface area contributed by atoms with Gasteiger partial charge in [0.15, 0.2) is 0 Å². The molecule has 4 rings (SSSR count). The van der Waals surface area contributed by atoms with Gasteiger partial charge in [-0.05, 0) is 99.7 Å². The number of aliphatic hydroxyl groups is 1. The molecule has 1 saturated heterocycles. The Balaban J connectivity index is 1.96. The summed E-state index contributed by atoms with van der Waals surface area (Å²) in [4.78, 5) is 28.4. The molecule has 35 heavy (non-hydrogen) atoms. The van der Waals surface area contributed by atoms with Crippen LogP contribution < -0.4 is 9.64 Å². The van der Waals surface area contributed by atoms with Crippen LogP contribution in [0.4, 0.5) is 5.69 Å². The van der Waals surface area contributed by atoms with Crippen molar-refractivity contribution in [2.45, 2.75) is 53.7 Å². The summed E-state index contributed by atoms with van der Waals surface area (Å²) in [5, 5.41) is 11.4. The normalized spacial score (nSPS) is 17.3. The van der Waals surface area contributed by atoms with Crippen LogP contribution in [0.2, 0.25) is 0 Å². The van der Waals surface area contributed by atoms with Gasteiger partial charge in [0.1, 0.15) is 11.5 Å². The number of benzene rings is 3. The molecule has 5 heteroatoms. The van der Waals surface area contributed by atoms with Crippen LogP contribution in [0.3, 0.4) is 0 Å². The molecular weight excluding hydrogens is 438 g/mol. The molecule has 1 aliphatic rings. The monoisotopic (exact) mass is 469 g/mol. The van der Waals surface area contributed by atoms with E-state index in [2.05, 4.69) is 0 Å². The van der Waals surface area contributed by atoms with Gasteiger partial charge < -0.3 is 9.84 Å². The van der Waals surface area contributed by atoms with Crippen LogP contribution in [-0.2, 0) is 9.59 Å². The van der Waals surface area contributed by atoms with E-state index in [9.17, 15) is 14.7 Å². The number of hydrogen-bond acceptors (Lipinski definition) is 4. The maximum absolute atomic E-state index is 13.4. The number of carbonyl (C=O) groups excluding carboxylic acids is 2. The molecule has 1 fully saturated rings. The summed E-state index contributed by atoms with van der Waals surface area (Å²) in [6.07, 6.45) is -0.0356. The summed E-state index contributed by atoms with van der Waals surface area (Å²) in [7, 11) is 0. The highest BCUT2D eigenvalue weighted by Gasteiger charge is 2.47. The van der Waals surface area contributed by atoms with E-state index in [0.29, 0.717) is 22.6 Å². The summed E-state index contributed by atoms with van der Waals surface area (Å²) < 4.78 is 5.89. The number of aryl methyl sites for hydroxylation is 4. The van der Waals surface area contributed by atoms with Crippen molar-refractivity contribution in [3.63, 3.8) is 0 Å². The number of amides is 1. The third-order valence-electron chi connectivity index (χ3n) is 6.26. The van der Waals surface area contributed by atoms with E-state index < -0.39 is 17.7 Å². The molecule has 5 nitrogen and oxygen atoms in total. The molecule has 1 heterocycles. The summed E-state index contributed by atoms with van der Waals surface area (Å²) in [5.74, 6) is -0.922. The average molecular weight is 470 g/mol. The summed E-state index contributed by atoms with van der Waals surface area (Å²) >= 11 is 0. The number of ketones is 1. The maximum atomic E-state index is 13.4. The second-order valence-corrected chi connectivity index (χ2v) is 9.55. The number of hydrogen-bond donors (Lipinski definition) is 1. The number of rotatable bonds is 5. The van der Waals surface area contributed by atoms with Crippen molar-refractivity contribution in [2.24, 2.45) is 0 Å². The Morgan fingerprint density at radius 1 is 0.886 bits per heavy atom. The van der Waals surface area contributed by atoms with Gasteiger partial charge in [0.25, 0.3) is 11.7 Å². The van der Waals surface area contributed by atoms with Gasteiger partial charge in [-0.1, -0.05) is 30.3 Å². The molecule has 180 valence electrons. The number of aliphatic hydroxyl groups excluding tert-OH is 1. The van der Waals surface area contributed by atoms with E-state index >= 15 is 0 Å². The van der Waals surface area contributed by atoms with E-state index in [1.54, 1.807) is 6.07 Å². The fourth-order valence-electron chi connectivity index (χ4n) is 4.58. The van der Waals surface area contributed by atoms with Gasteiger partial charge in [-0.2, -0.15) is 0 Å². The zero-order valence-electron chi connectivity index (χ0n) is 21.0. The molecule has 0 saturated carbocycles. The number of nitrogens with zero attached hydrogens (tertiary/aromatic N) is 1. The molecule has 1 atom stereocenters. The minimum Gasteiger partial charge on any atom is -0.507 e. The van der Waals surface area contributed by atoms with E-state index in [1.807, 2.05) is 96.1 Å². The largest absolute Gasteiger partial charge is 0.507 e. The standard InChI is InChI=1S/C30H31NO4/c1-17(2)35-25-9-7-8-22(16-25)27-26(28(32)23-11-10-20(5)21(6)15-23)29(33)30(34)31(27)24-13-18(3)12-19(4)14-24/h7-17,27,32H,1-6H3/b28-26-. The molecule has 1 N–H and O–H groups in total. The summed E-state index contributed by atoms with van der Waals surface area (Å²) in [5.41, 5.74) is 5.90. The Morgan fingerprint density at radius 2 is 1.57 bits per heavy atom. The Morgan fingerprint density at radius 3 is 2.20 bits per heavy atom. The molecule has 3 aromatic carbocycles. The minimum atomic E-state index is -0.798. The molecular formula is C30H31NO4. The minimum absolute atomic E-state index is 0.0356. The summed E-state index contributed by atoms with van der Waals surface area (Å²) in [6.45, 7) is 11.7. The SMILES string of the molecule is Cc1cc(C)cc(N2C(=O)C(=O)/C(=C(\O)c3ccc(C)c(C)c3)C2c2cccc(OC(C)C)c2)c1. The van der Waals surface area contributed by atoms with Crippen LogP contribution >= 0.6 is 0 Å². The van der Waals surface area contributed by atoms with Gasteiger partial charge >= 0.3 is 0 Å². The van der Waals surface area contributed by atoms with Crippen molar-refractivity contribution < 1.29 is 19.4 Å². The van der Waals surface area contributed by atoms with Gasteiger partial charge in [-0.3, -0.25) is 14.5 Å². The molecule has 3 aromatic rings. The molecule has 0 bridgehead atoms. The first-order valence-corrected chi connectivity index (χ1v) is 11.8. The average Bonchev–Trinajstić information content (AvgIpc) is 3.05. The number of carbonyl (C=O) groups is 2. The zero-order valence-corrected chi connectivity index (χ0v) is 21.0. The van der Waals surface area contributed by atoms with Crippen LogP contribution in [0.25, 0.3) is 5.76 Å². The Kier molecular flexibility index (Phi) is 6.53. The fraction of sp³-hybridized carbons (Fsp3) is 0.267. The number of ether oxygens (including phenoxy) is 1. The smallest absolute Gasteiger partial charge is 0.300 e. The molecule has 0 aliphatic carbocycles. The Bertz CT molecular complexity index is 1330. The van der Waals surface area contributed by atoms with Crippen molar-refractivity contribution in [3.8, 4) is 5.75 Å². The van der Waals surface area contributed by atoms with E-state index in [-0.39, 0.29) is 17.4 Å². The van der Waals surface area contributed by atoms with Crippen LogP contribution in [-0.4, -0.2) is 22.9 Å². The van der Waals surface area contributed by atoms with E-state index in [4.69, 9.17) is 4.74 Å². The predicted octanol–water partition coefficient (Wildman–Crippen LogP) is 6.33. The van der Waals surface area contributed by atoms with Gasteiger partial charge in [0.2, 0.25) is 0 Å². The molecule has 0 spiro atoms. The number of anilines is 1. The molecule has 1 aliphatic heterocycles. The second-order valence-electron chi connectivity index (χ2n) is 9.55. The highest BCUT2D eigenvalue weighted by molar-refractivity contribution is 6.51. The van der Waals surface area contributed by atoms with Crippen LogP contribution in [0, 0.1) is 27.7 Å². The van der Waals surface area contributed by atoms with Crippen LogP contribution in [0.5, 0.6) is 5.75 Å². The van der Waals surface area contributed by atoms with Gasteiger partial charge in [-0.25, -0.2) is 0 Å². The lowest BCUT2D eigenvalue weighted by molar-refractivity contribution is -0.132. The van der Waals surface area contributed by atoms with Crippen molar-refractivity contribution in [1.29, 1.82) is 0 Å². The first-order valence-electron chi connectivity index (χ1n) is 11.8. The highest BCUT2D eigenvalue weighted by Crippen LogP contribution is 2.43. The zero-order chi connectivity index (χ0) is 25.4. The Hall–Kier alpha value is -3.86. The maximum Gasteiger partial charge on any atom is 0.300 e. The van der Waals surface area contributed by atoms with E-state index in [1.165, 1.54) is 4.90 Å². The molecule has 1 amide bonds. The van der Waals surface area contributed by atoms with Gasteiger partial charge in [-0.15, -0.1) is 0 Å². The van der Waals surface area contributed by atoms with Crippen molar-refractivity contribution in [2.75, 3.05) is 4.90 Å². The van der Waals surface area contributed by atoms with Crippen molar-refractivity contribution in [1.82, 2.24) is 0 Å². The van der Waals surface area contributed by atoms with Gasteiger partial charge in [0.05, 0.1) is 17.7 Å². The van der Waals surface area contributed by atoms with Crippen LogP contribution in [0.15, 0.2) is 66.2 Å². The lowest BCUT2D eigenvalue weighted by Gasteiger charge is -2.26. The molecule has 0 radical (unpaired) electrons. The Labute approximate surface area is 206 Å². The quantitative estimate of drug-likeness (QED) is 0.269.